The number of rotatable bonds is 6. The summed E-state index contributed by atoms with van der Waals surface area (Å²) in [5.41, 5.74) is 1.19. The fraction of sp³-hybridized carbons (Fsp3) is 0.545. The zero-order valence-electron chi connectivity index (χ0n) is 10.6. The third kappa shape index (κ3) is 3.85. The number of aliphatic hydroxyl groups excluding tert-OH is 1. The van der Waals surface area contributed by atoms with Gasteiger partial charge >= 0.3 is 0 Å². The molecule has 0 saturated carbocycles. The third-order valence-electron chi connectivity index (χ3n) is 2.28. The number of aryl methyl sites for hydroxylation is 2. The Morgan fingerprint density at radius 1 is 1.44 bits per heavy atom. The summed E-state index contributed by atoms with van der Waals surface area (Å²) < 4.78 is 1.58. The van der Waals surface area contributed by atoms with Crippen molar-refractivity contribution in [3.63, 3.8) is 0 Å². The van der Waals surface area contributed by atoms with Gasteiger partial charge in [0.2, 0.25) is 5.91 Å². The van der Waals surface area contributed by atoms with E-state index in [2.05, 4.69) is 15.7 Å². The number of carbonyl (C=O) groups excluding carboxylic acids is 2. The van der Waals surface area contributed by atoms with Crippen molar-refractivity contribution in [2.45, 2.75) is 20.4 Å². The monoisotopic (exact) mass is 254 g/mol. The van der Waals surface area contributed by atoms with Crippen molar-refractivity contribution in [2.75, 3.05) is 19.7 Å². The van der Waals surface area contributed by atoms with Crippen LogP contribution in [0.25, 0.3) is 0 Å². The van der Waals surface area contributed by atoms with Gasteiger partial charge in [-0.25, -0.2) is 0 Å². The van der Waals surface area contributed by atoms with Gasteiger partial charge in [-0.3, -0.25) is 14.3 Å². The summed E-state index contributed by atoms with van der Waals surface area (Å²) in [5.74, 6) is -0.673. The molecule has 0 unspecified atom stereocenters. The number of aromatic nitrogens is 2. The Balaban J connectivity index is 2.52. The van der Waals surface area contributed by atoms with Gasteiger partial charge in [-0.05, 0) is 19.9 Å². The zero-order chi connectivity index (χ0) is 13.5. The highest BCUT2D eigenvalue weighted by atomic mass is 16.3. The molecule has 0 aliphatic carbocycles. The van der Waals surface area contributed by atoms with Crippen LogP contribution in [0.4, 0.5) is 0 Å². The van der Waals surface area contributed by atoms with Crippen molar-refractivity contribution in [3.05, 3.63) is 17.5 Å². The van der Waals surface area contributed by atoms with Crippen LogP contribution in [0.15, 0.2) is 6.07 Å². The van der Waals surface area contributed by atoms with Crippen LogP contribution in [0.2, 0.25) is 0 Å². The van der Waals surface area contributed by atoms with Gasteiger partial charge in [-0.15, -0.1) is 0 Å². The second kappa shape index (κ2) is 6.75. The smallest absolute Gasteiger partial charge is 0.269 e. The van der Waals surface area contributed by atoms with Gasteiger partial charge in [0.05, 0.1) is 18.8 Å². The number of amides is 2. The predicted molar refractivity (Wildman–Crippen MR) is 65.1 cm³/mol. The molecule has 3 N–H and O–H groups in total. The van der Waals surface area contributed by atoms with Gasteiger partial charge in [0.1, 0.15) is 5.69 Å². The van der Waals surface area contributed by atoms with Gasteiger partial charge in [0, 0.05) is 13.1 Å². The second-order valence-corrected chi connectivity index (χ2v) is 3.74. The van der Waals surface area contributed by atoms with E-state index >= 15 is 0 Å². The molecule has 0 fully saturated rings. The largest absolute Gasteiger partial charge is 0.395 e. The van der Waals surface area contributed by atoms with Crippen LogP contribution in [-0.2, 0) is 11.3 Å². The van der Waals surface area contributed by atoms with Crippen LogP contribution in [0, 0.1) is 6.92 Å². The van der Waals surface area contributed by atoms with Crippen molar-refractivity contribution in [1.82, 2.24) is 20.4 Å². The number of aliphatic hydroxyl groups is 1. The Kier molecular flexibility index (Phi) is 5.31. The highest BCUT2D eigenvalue weighted by molar-refractivity contribution is 5.95. The van der Waals surface area contributed by atoms with E-state index < -0.39 is 0 Å². The van der Waals surface area contributed by atoms with Crippen LogP contribution in [0.3, 0.4) is 0 Å². The minimum Gasteiger partial charge on any atom is -0.395 e. The quantitative estimate of drug-likeness (QED) is 0.610. The average molecular weight is 254 g/mol. The number of nitrogens with one attached hydrogen (secondary N) is 2. The van der Waals surface area contributed by atoms with Gasteiger partial charge in [0.25, 0.3) is 5.91 Å². The van der Waals surface area contributed by atoms with E-state index in [1.54, 1.807) is 17.7 Å². The topological polar surface area (TPSA) is 96.2 Å². The Hall–Kier alpha value is -1.89. The van der Waals surface area contributed by atoms with E-state index in [1.807, 2.05) is 6.92 Å². The number of nitrogens with zero attached hydrogens (tertiary/aromatic N) is 2. The summed E-state index contributed by atoms with van der Waals surface area (Å²) in [6.45, 7) is 4.22. The SMILES string of the molecule is CCn1nc(C)cc1C(=O)NCC(=O)NCCO. The van der Waals surface area contributed by atoms with Gasteiger partial charge in [-0.2, -0.15) is 5.10 Å². The molecule has 18 heavy (non-hydrogen) atoms. The lowest BCUT2D eigenvalue weighted by molar-refractivity contribution is -0.120. The normalized spacial score (nSPS) is 10.2. The molecule has 1 rings (SSSR count). The molecule has 1 aromatic rings. The Labute approximate surface area is 105 Å². The van der Waals surface area contributed by atoms with Gasteiger partial charge in [-0.1, -0.05) is 0 Å². The van der Waals surface area contributed by atoms with Crippen LogP contribution >= 0.6 is 0 Å². The summed E-state index contributed by atoms with van der Waals surface area (Å²) in [7, 11) is 0. The molecule has 1 aromatic heterocycles. The Morgan fingerprint density at radius 2 is 2.17 bits per heavy atom. The van der Waals surface area contributed by atoms with E-state index in [9.17, 15) is 9.59 Å². The van der Waals surface area contributed by atoms with Crippen LogP contribution in [0.5, 0.6) is 0 Å². The maximum Gasteiger partial charge on any atom is 0.269 e. The molecule has 7 nitrogen and oxygen atoms in total. The van der Waals surface area contributed by atoms with Crippen LogP contribution in [0.1, 0.15) is 23.1 Å². The van der Waals surface area contributed by atoms with Crippen molar-refractivity contribution in [1.29, 1.82) is 0 Å². The summed E-state index contributed by atoms with van der Waals surface area (Å²) >= 11 is 0. The van der Waals surface area contributed by atoms with Gasteiger partial charge in [0.15, 0.2) is 0 Å². The summed E-state index contributed by atoms with van der Waals surface area (Å²) in [5, 5.41) is 17.6. The highest BCUT2D eigenvalue weighted by Gasteiger charge is 2.13. The summed E-state index contributed by atoms with van der Waals surface area (Å²) in [4.78, 5) is 23.1. The molecule has 1 heterocycles. The second-order valence-electron chi connectivity index (χ2n) is 3.74. The predicted octanol–water partition coefficient (Wildman–Crippen LogP) is -0.950. The zero-order valence-corrected chi connectivity index (χ0v) is 10.6. The lowest BCUT2D eigenvalue weighted by Gasteiger charge is -2.06. The lowest BCUT2D eigenvalue weighted by atomic mass is 10.3. The molecule has 0 bridgehead atoms. The van der Waals surface area contributed by atoms with Crippen molar-refractivity contribution >= 4 is 11.8 Å². The molecule has 0 saturated heterocycles. The maximum atomic E-state index is 11.8. The summed E-state index contributed by atoms with van der Waals surface area (Å²) in [6.07, 6.45) is 0. The third-order valence-corrected chi connectivity index (χ3v) is 2.28. The number of carbonyl (C=O) groups is 2. The van der Waals surface area contributed by atoms with E-state index in [-0.39, 0.29) is 31.5 Å². The molecule has 0 atom stereocenters. The standard InChI is InChI=1S/C11H18N4O3/c1-3-15-9(6-8(2)14-15)11(18)13-7-10(17)12-4-5-16/h6,16H,3-5,7H2,1-2H3,(H,12,17)(H,13,18). The van der Waals surface area contributed by atoms with Crippen LogP contribution in [-0.4, -0.2) is 46.4 Å². The minimum absolute atomic E-state index is 0.118. The average Bonchev–Trinajstić information content (AvgIpc) is 2.74. The molecule has 0 aromatic carbocycles. The minimum atomic E-state index is -0.336. The lowest BCUT2D eigenvalue weighted by Crippen LogP contribution is -2.38. The molecule has 0 aliphatic rings. The molecule has 0 radical (unpaired) electrons. The van der Waals surface area contributed by atoms with Crippen molar-refractivity contribution in [2.24, 2.45) is 0 Å². The fourth-order valence-corrected chi connectivity index (χ4v) is 1.48. The van der Waals surface area contributed by atoms with Crippen LogP contribution < -0.4 is 10.6 Å². The molecule has 0 spiro atoms. The van der Waals surface area contributed by atoms with Crippen molar-refractivity contribution in [3.8, 4) is 0 Å². The number of hydrogen-bond donors (Lipinski definition) is 3. The first-order valence-corrected chi connectivity index (χ1v) is 5.78. The highest BCUT2D eigenvalue weighted by Crippen LogP contribution is 2.03. The van der Waals surface area contributed by atoms with Crippen molar-refractivity contribution < 1.29 is 14.7 Å². The number of hydrogen-bond acceptors (Lipinski definition) is 4. The molecule has 100 valence electrons. The molecule has 7 heteroatoms. The van der Waals surface area contributed by atoms with E-state index in [1.165, 1.54) is 0 Å². The Bertz CT molecular complexity index is 428. The maximum absolute atomic E-state index is 11.8. The van der Waals surface area contributed by atoms with E-state index in [4.69, 9.17) is 5.11 Å². The fourth-order valence-electron chi connectivity index (χ4n) is 1.48. The van der Waals surface area contributed by atoms with E-state index in [0.717, 1.165) is 5.69 Å². The first-order chi connectivity index (χ1) is 8.58. The first-order valence-electron chi connectivity index (χ1n) is 5.78. The first kappa shape index (κ1) is 14.2. The molecular formula is C11H18N4O3. The molecular weight excluding hydrogens is 236 g/mol. The summed E-state index contributed by atoms with van der Waals surface area (Å²) in [6, 6.07) is 1.67. The molecule has 0 aliphatic heterocycles. The molecule has 2 amide bonds. The van der Waals surface area contributed by atoms with Gasteiger partial charge < -0.3 is 15.7 Å². The Morgan fingerprint density at radius 3 is 2.78 bits per heavy atom. The van der Waals surface area contributed by atoms with E-state index in [0.29, 0.717) is 12.2 Å².